The van der Waals surface area contributed by atoms with Crippen molar-refractivity contribution in [2.24, 2.45) is 0 Å². The zero-order valence-corrected chi connectivity index (χ0v) is 31.9. The molecule has 2 heterocycles. The van der Waals surface area contributed by atoms with Crippen LogP contribution in [0.15, 0.2) is 78.9 Å². The van der Waals surface area contributed by atoms with Gasteiger partial charge in [-0.15, -0.1) is 0 Å². The van der Waals surface area contributed by atoms with Crippen LogP contribution in [-0.4, -0.2) is 24.9 Å². The smallest absolute Gasteiger partial charge is 0.226 e. The molecule has 0 unspecified atom stereocenters. The molecule has 50 heavy (non-hydrogen) atoms. The number of hydrogen-bond donors (Lipinski definition) is 0. The number of nitrogens with zero attached hydrogens (tertiary/aromatic N) is 2. The van der Waals surface area contributed by atoms with E-state index < -0.39 is 0 Å². The molecule has 2 amide bonds. The summed E-state index contributed by atoms with van der Waals surface area (Å²) >= 11 is 0. The topological polar surface area (TPSA) is 40.6 Å². The molecule has 0 saturated carbocycles. The molecular formula is C46H56N2O2. The number of hydrogen-bond acceptors (Lipinski definition) is 2. The molecule has 2 aliphatic rings. The lowest BCUT2D eigenvalue weighted by molar-refractivity contribution is -0.120. The Kier molecular flexibility index (Phi) is 9.63. The first kappa shape index (κ1) is 35.6. The van der Waals surface area contributed by atoms with Gasteiger partial charge in [-0.2, -0.15) is 0 Å². The summed E-state index contributed by atoms with van der Waals surface area (Å²) in [5, 5.41) is 0. The summed E-state index contributed by atoms with van der Waals surface area (Å²) in [6.45, 7) is 22.2. The minimum Gasteiger partial charge on any atom is -0.312 e. The molecule has 0 aromatic heterocycles. The number of carbonyl (C=O) groups is 2. The number of anilines is 2. The molecule has 0 radical (unpaired) electrons. The van der Waals surface area contributed by atoms with Crippen LogP contribution >= 0.6 is 0 Å². The maximum absolute atomic E-state index is 12.8. The van der Waals surface area contributed by atoms with Gasteiger partial charge < -0.3 is 9.80 Å². The Balaban J connectivity index is 1.61. The van der Waals surface area contributed by atoms with E-state index in [9.17, 15) is 9.59 Å². The van der Waals surface area contributed by atoms with Crippen molar-refractivity contribution in [1.82, 2.24) is 0 Å². The Labute approximate surface area is 300 Å². The van der Waals surface area contributed by atoms with Crippen molar-refractivity contribution in [2.75, 3.05) is 22.9 Å². The van der Waals surface area contributed by atoms with Crippen molar-refractivity contribution in [3.8, 4) is 33.4 Å². The maximum atomic E-state index is 12.8. The largest absolute Gasteiger partial charge is 0.312 e. The average Bonchev–Trinajstić information content (AvgIpc) is 3.07. The lowest BCUT2D eigenvalue weighted by Crippen LogP contribution is -2.35. The van der Waals surface area contributed by atoms with E-state index in [4.69, 9.17) is 0 Å². The monoisotopic (exact) mass is 668 g/mol. The van der Waals surface area contributed by atoms with E-state index in [1.54, 1.807) is 0 Å². The Hall–Kier alpha value is -4.18. The summed E-state index contributed by atoms with van der Waals surface area (Å²) in [5.74, 6) is 0.426. The second kappa shape index (κ2) is 13.5. The molecule has 4 heteroatoms. The lowest BCUT2D eigenvalue weighted by Gasteiger charge is -2.29. The molecule has 0 bridgehead atoms. The van der Waals surface area contributed by atoms with Crippen LogP contribution in [0.5, 0.6) is 0 Å². The van der Waals surface area contributed by atoms with E-state index in [1.165, 1.54) is 38.9 Å². The molecule has 0 spiro atoms. The standard InChI is InChI=1S/C46H56N2O2/c1-44(2,3)34-26-33(27-35(28-34)45(4,5)6)43-39(31-16-20-37(21-17-31)47-24-12-10-14-41(47)49)29-36(46(7,8)9)30-40(43)32-18-22-38(23-19-32)48-25-13-11-15-42(48)50/h16-23,26-30H,10-15,24-25H2,1-9H3. The second-order valence-electron chi connectivity index (χ2n) is 17.6. The van der Waals surface area contributed by atoms with Gasteiger partial charge in [0.25, 0.3) is 0 Å². The Morgan fingerprint density at radius 3 is 1.14 bits per heavy atom. The van der Waals surface area contributed by atoms with Gasteiger partial charge in [0.1, 0.15) is 0 Å². The number of piperidine rings is 2. The zero-order valence-electron chi connectivity index (χ0n) is 31.9. The fourth-order valence-corrected chi connectivity index (χ4v) is 7.28. The third kappa shape index (κ3) is 7.45. The van der Waals surface area contributed by atoms with Crippen molar-refractivity contribution in [3.63, 3.8) is 0 Å². The molecular weight excluding hydrogens is 613 g/mol. The van der Waals surface area contributed by atoms with Gasteiger partial charge >= 0.3 is 0 Å². The van der Waals surface area contributed by atoms with Crippen molar-refractivity contribution >= 4 is 23.2 Å². The van der Waals surface area contributed by atoms with Crippen LogP contribution in [0.25, 0.3) is 33.4 Å². The van der Waals surface area contributed by atoms with Crippen LogP contribution in [0.2, 0.25) is 0 Å². The van der Waals surface area contributed by atoms with Crippen LogP contribution in [0.1, 0.15) is 118 Å². The molecule has 6 rings (SSSR count). The van der Waals surface area contributed by atoms with Crippen molar-refractivity contribution in [2.45, 2.75) is 117 Å². The predicted molar refractivity (Wildman–Crippen MR) is 211 cm³/mol. The highest BCUT2D eigenvalue weighted by Gasteiger charge is 2.27. The number of carbonyl (C=O) groups excluding carboxylic acids is 2. The quantitative estimate of drug-likeness (QED) is 0.212. The highest BCUT2D eigenvalue weighted by Crippen LogP contribution is 2.46. The zero-order chi connectivity index (χ0) is 36.0. The van der Waals surface area contributed by atoms with Gasteiger partial charge in [-0.05, 0) is 128 Å². The highest BCUT2D eigenvalue weighted by molar-refractivity contribution is 5.98. The first-order valence-corrected chi connectivity index (χ1v) is 18.7. The highest BCUT2D eigenvalue weighted by atomic mass is 16.2. The SMILES string of the molecule is CC(C)(C)c1cc(-c2c(-c3ccc(N4CCCCC4=O)cc3)cc(C(C)(C)C)cc2-c2ccc(N3CCCCC3=O)cc2)cc(C(C)(C)C)c1. The lowest BCUT2D eigenvalue weighted by atomic mass is 9.76. The molecule has 262 valence electrons. The van der Waals surface area contributed by atoms with E-state index in [-0.39, 0.29) is 28.1 Å². The summed E-state index contributed by atoms with van der Waals surface area (Å²) in [6.07, 6.45) is 5.26. The molecule has 0 aliphatic carbocycles. The van der Waals surface area contributed by atoms with Gasteiger partial charge in [0.05, 0.1) is 0 Å². The number of amides is 2. The normalized spacial score (nSPS) is 16.3. The number of rotatable bonds is 5. The van der Waals surface area contributed by atoms with Crippen LogP contribution in [0.4, 0.5) is 11.4 Å². The molecule has 4 aromatic carbocycles. The third-order valence-electron chi connectivity index (χ3n) is 10.6. The van der Waals surface area contributed by atoms with E-state index in [0.29, 0.717) is 12.8 Å². The molecule has 0 N–H and O–H groups in total. The summed E-state index contributed by atoms with van der Waals surface area (Å²) < 4.78 is 0. The third-order valence-corrected chi connectivity index (χ3v) is 10.6. The molecule has 4 aromatic rings. The van der Waals surface area contributed by atoms with Gasteiger partial charge in [0, 0.05) is 37.3 Å². The fourth-order valence-electron chi connectivity index (χ4n) is 7.28. The summed E-state index contributed by atoms with van der Waals surface area (Å²) in [7, 11) is 0. The van der Waals surface area contributed by atoms with Crippen LogP contribution in [0.3, 0.4) is 0 Å². The van der Waals surface area contributed by atoms with Gasteiger partial charge in [-0.25, -0.2) is 0 Å². The molecule has 2 fully saturated rings. The Morgan fingerprint density at radius 1 is 0.440 bits per heavy atom. The Morgan fingerprint density at radius 2 is 0.800 bits per heavy atom. The minimum absolute atomic E-state index is 0.0348. The van der Waals surface area contributed by atoms with Gasteiger partial charge in [-0.3, -0.25) is 9.59 Å². The van der Waals surface area contributed by atoms with E-state index in [1.807, 2.05) is 9.80 Å². The van der Waals surface area contributed by atoms with Gasteiger partial charge in [0.2, 0.25) is 11.8 Å². The van der Waals surface area contributed by atoms with Crippen LogP contribution in [0, 0.1) is 0 Å². The first-order chi connectivity index (χ1) is 23.5. The molecule has 2 aliphatic heterocycles. The van der Waals surface area contributed by atoms with E-state index >= 15 is 0 Å². The van der Waals surface area contributed by atoms with Gasteiger partial charge in [0.15, 0.2) is 0 Å². The molecule has 2 saturated heterocycles. The fraction of sp³-hybridized carbons (Fsp3) is 0.435. The molecule has 4 nitrogen and oxygen atoms in total. The predicted octanol–water partition coefficient (Wildman–Crippen LogP) is 11.6. The minimum atomic E-state index is -0.0911. The van der Waals surface area contributed by atoms with Crippen molar-refractivity contribution in [1.29, 1.82) is 0 Å². The average molecular weight is 669 g/mol. The van der Waals surface area contributed by atoms with Gasteiger partial charge in [-0.1, -0.05) is 105 Å². The summed E-state index contributed by atoms with van der Waals surface area (Å²) in [4.78, 5) is 29.5. The van der Waals surface area contributed by atoms with Crippen LogP contribution in [-0.2, 0) is 25.8 Å². The molecule has 0 atom stereocenters. The maximum Gasteiger partial charge on any atom is 0.226 e. The van der Waals surface area contributed by atoms with Crippen molar-refractivity contribution in [3.05, 3.63) is 95.6 Å². The van der Waals surface area contributed by atoms with Crippen molar-refractivity contribution < 1.29 is 9.59 Å². The summed E-state index contributed by atoms with van der Waals surface area (Å²) in [5.41, 5.74) is 12.7. The summed E-state index contributed by atoms with van der Waals surface area (Å²) in [6, 6.07) is 29.3. The van der Waals surface area contributed by atoms with E-state index in [2.05, 4.69) is 141 Å². The number of benzene rings is 4. The second-order valence-corrected chi connectivity index (χ2v) is 17.6. The van der Waals surface area contributed by atoms with Crippen LogP contribution < -0.4 is 9.80 Å². The Bertz CT molecular complexity index is 1750. The van der Waals surface area contributed by atoms with E-state index in [0.717, 1.165) is 61.3 Å². The first-order valence-electron chi connectivity index (χ1n) is 18.7.